The maximum atomic E-state index is 12.4. The molecule has 2 rings (SSSR count). The van der Waals surface area contributed by atoms with Gasteiger partial charge in [0, 0.05) is 18.4 Å². The van der Waals surface area contributed by atoms with Gasteiger partial charge in [0.1, 0.15) is 0 Å². The van der Waals surface area contributed by atoms with Crippen molar-refractivity contribution in [1.29, 1.82) is 0 Å². The van der Waals surface area contributed by atoms with Crippen LogP contribution in [0, 0.1) is 13.8 Å². The molecule has 0 saturated carbocycles. The molecule has 0 bridgehead atoms. The summed E-state index contributed by atoms with van der Waals surface area (Å²) in [4.78, 5) is 24.6. The summed E-state index contributed by atoms with van der Waals surface area (Å²) in [5.41, 5.74) is 3.14. The highest BCUT2D eigenvalue weighted by Gasteiger charge is 2.15. The Balaban J connectivity index is 1.97. The van der Waals surface area contributed by atoms with Gasteiger partial charge in [-0.2, -0.15) is 0 Å². The number of hydrogen-bond acceptors (Lipinski definition) is 4. The van der Waals surface area contributed by atoms with Crippen molar-refractivity contribution in [2.75, 3.05) is 0 Å². The zero-order valence-electron chi connectivity index (χ0n) is 15.7. The fourth-order valence-corrected chi connectivity index (χ4v) is 3.32. The summed E-state index contributed by atoms with van der Waals surface area (Å²) in [6, 6.07) is 11.4. The first-order valence-electron chi connectivity index (χ1n) is 8.60. The van der Waals surface area contributed by atoms with Crippen molar-refractivity contribution in [3.8, 4) is 0 Å². The number of carbonyl (C=O) groups excluding carboxylic acids is 2. The number of aryl methyl sites for hydroxylation is 2. The highest BCUT2D eigenvalue weighted by atomic mass is 32.2. The van der Waals surface area contributed by atoms with Crippen LogP contribution in [0.4, 0.5) is 0 Å². The molecule has 1 atom stereocenters. The van der Waals surface area contributed by atoms with Gasteiger partial charge in [-0.3, -0.25) is 9.59 Å². The summed E-state index contributed by atoms with van der Waals surface area (Å²) in [7, 11) is -3.80. The smallest absolute Gasteiger partial charge is 0.238 e. The molecular formula is C20H24N2O4S. The topological polar surface area (TPSA) is 106 Å². The molecule has 0 saturated heterocycles. The van der Waals surface area contributed by atoms with Crippen molar-refractivity contribution >= 4 is 21.7 Å². The second kappa shape index (κ2) is 8.45. The van der Waals surface area contributed by atoms with Gasteiger partial charge in [-0.1, -0.05) is 29.8 Å². The minimum Gasteiger partial charge on any atom is -0.350 e. The van der Waals surface area contributed by atoms with Gasteiger partial charge in [0.15, 0.2) is 5.78 Å². The third kappa shape index (κ3) is 5.74. The van der Waals surface area contributed by atoms with E-state index >= 15 is 0 Å². The fourth-order valence-electron chi connectivity index (χ4n) is 2.76. The van der Waals surface area contributed by atoms with Gasteiger partial charge >= 0.3 is 0 Å². The molecule has 3 N–H and O–H groups in total. The van der Waals surface area contributed by atoms with Gasteiger partial charge in [-0.15, -0.1) is 0 Å². The molecule has 144 valence electrons. The number of primary sulfonamides is 1. The molecule has 1 unspecified atom stereocenters. The molecule has 0 radical (unpaired) electrons. The lowest BCUT2D eigenvalue weighted by molar-refractivity contribution is -0.121. The van der Waals surface area contributed by atoms with Crippen LogP contribution in [0.2, 0.25) is 0 Å². The molecule has 0 spiro atoms. The maximum absolute atomic E-state index is 12.4. The molecule has 2 aromatic rings. The van der Waals surface area contributed by atoms with Gasteiger partial charge in [0.25, 0.3) is 0 Å². The average Bonchev–Trinajstić information content (AvgIpc) is 2.61. The van der Waals surface area contributed by atoms with Crippen LogP contribution >= 0.6 is 0 Å². The minimum atomic E-state index is -3.80. The van der Waals surface area contributed by atoms with E-state index in [1.807, 2.05) is 32.0 Å². The quantitative estimate of drug-likeness (QED) is 0.711. The minimum absolute atomic E-state index is 0.00815. The first kappa shape index (κ1) is 20.8. The largest absolute Gasteiger partial charge is 0.350 e. The second-order valence-corrected chi connectivity index (χ2v) is 8.21. The van der Waals surface area contributed by atoms with E-state index in [2.05, 4.69) is 5.32 Å². The van der Waals surface area contributed by atoms with Crippen LogP contribution in [0.1, 0.15) is 52.9 Å². The Bertz CT molecular complexity index is 968. The standard InChI is InChI=1S/C20H24N2O4S/c1-13-7-8-14(2)18(11-13)19(23)9-10-20(24)22-15(3)16-5-4-6-17(12-16)27(21,25)26/h4-8,11-12,15H,9-10H2,1-3H3,(H,22,24)(H2,21,25,26). The lowest BCUT2D eigenvalue weighted by Gasteiger charge is -2.15. The molecule has 0 aliphatic rings. The predicted molar refractivity (Wildman–Crippen MR) is 104 cm³/mol. The Hall–Kier alpha value is -2.51. The lowest BCUT2D eigenvalue weighted by atomic mass is 9.99. The fraction of sp³-hybridized carbons (Fsp3) is 0.300. The van der Waals surface area contributed by atoms with Crippen LogP contribution in [-0.2, 0) is 14.8 Å². The van der Waals surface area contributed by atoms with E-state index in [1.165, 1.54) is 12.1 Å². The predicted octanol–water partition coefficient (Wildman–Crippen LogP) is 2.79. The van der Waals surface area contributed by atoms with Crippen LogP contribution in [0.25, 0.3) is 0 Å². The van der Waals surface area contributed by atoms with Crippen molar-refractivity contribution < 1.29 is 18.0 Å². The molecule has 7 heteroatoms. The number of Topliss-reactive ketones (excluding diaryl/α,β-unsaturated/α-hetero) is 1. The van der Waals surface area contributed by atoms with E-state index in [1.54, 1.807) is 19.1 Å². The zero-order valence-corrected chi connectivity index (χ0v) is 16.5. The number of carbonyl (C=O) groups is 2. The van der Waals surface area contributed by atoms with Gasteiger partial charge in [0.05, 0.1) is 10.9 Å². The Labute approximate surface area is 159 Å². The summed E-state index contributed by atoms with van der Waals surface area (Å²) in [6.45, 7) is 5.53. The van der Waals surface area contributed by atoms with Crippen LogP contribution < -0.4 is 10.5 Å². The molecule has 0 heterocycles. The van der Waals surface area contributed by atoms with Gasteiger partial charge in [0.2, 0.25) is 15.9 Å². The van der Waals surface area contributed by atoms with Crippen molar-refractivity contribution in [2.45, 2.75) is 44.6 Å². The van der Waals surface area contributed by atoms with Gasteiger partial charge in [-0.05, 0) is 50.1 Å². The Morgan fingerprint density at radius 2 is 1.78 bits per heavy atom. The van der Waals surface area contributed by atoms with E-state index in [9.17, 15) is 18.0 Å². The average molecular weight is 388 g/mol. The Morgan fingerprint density at radius 1 is 1.07 bits per heavy atom. The number of benzene rings is 2. The maximum Gasteiger partial charge on any atom is 0.238 e. The van der Waals surface area contributed by atoms with Crippen molar-refractivity contribution in [2.24, 2.45) is 5.14 Å². The summed E-state index contributed by atoms with van der Waals surface area (Å²) < 4.78 is 22.9. The van der Waals surface area contributed by atoms with Gasteiger partial charge < -0.3 is 5.32 Å². The first-order chi connectivity index (χ1) is 12.6. The highest BCUT2D eigenvalue weighted by molar-refractivity contribution is 7.89. The first-order valence-corrected chi connectivity index (χ1v) is 10.1. The summed E-state index contributed by atoms with van der Waals surface area (Å²) >= 11 is 0. The molecule has 6 nitrogen and oxygen atoms in total. The molecule has 0 fully saturated rings. The van der Waals surface area contributed by atoms with E-state index in [0.29, 0.717) is 11.1 Å². The SMILES string of the molecule is Cc1ccc(C)c(C(=O)CCC(=O)NC(C)c2cccc(S(N)(=O)=O)c2)c1. The Kier molecular flexibility index (Phi) is 6.51. The second-order valence-electron chi connectivity index (χ2n) is 6.65. The molecule has 2 aromatic carbocycles. The highest BCUT2D eigenvalue weighted by Crippen LogP contribution is 2.18. The van der Waals surface area contributed by atoms with E-state index in [0.717, 1.165) is 11.1 Å². The third-order valence-corrected chi connectivity index (χ3v) is 5.25. The zero-order chi connectivity index (χ0) is 20.2. The number of nitrogens with two attached hydrogens (primary N) is 1. The van der Waals surface area contributed by atoms with E-state index in [-0.39, 0.29) is 29.4 Å². The van der Waals surface area contributed by atoms with Crippen molar-refractivity contribution in [3.63, 3.8) is 0 Å². The van der Waals surface area contributed by atoms with Crippen LogP contribution in [-0.4, -0.2) is 20.1 Å². The van der Waals surface area contributed by atoms with Crippen molar-refractivity contribution in [3.05, 3.63) is 64.7 Å². The number of sulfonamides is 1. The van der Waals surface area contributed by atoms with E-state index < -0.39 is 16.1 Å². The number of nitrogens with one attached hydrogen (secondary N) is 1. The van der Waals surface area contributed by atoms with Crippen LogP contribution in [0.3, 0.4) is 0 Å². The molecule has 0 aliphatic heterocycles. The van der Waals surface area contributed by atoms with Crippen LogP contribution in [0.15, 0.2) is 47.4 Å². The van der Waals surface area contributed by atoms with E-state index in [4.69, 9.17) is 5.14 Å². The summed E-state index contributed by atoms with van der Waals surface area (Å²) in [5, 5.41) is 7.91. The van der Waals surface area contributed by atoms with Crippen molar-refractivity contribution in [1.82, 2.24) is 5.32 Å². The van der Waals surface area contributed by atoms with Crippen LogP contribution in [0.5, 0.6) is 0 Å². The monoisotopic (exact) mass is 388 g/mol. The number of amides is 1. The summed E-state index contributed by atoms with van der Waals surface area (Å²) in [6.07, 6.45) is 0.172. The molecule has 0 aliphatic carbocycles. The lowest BCUT2D eigenvalue weighted by Crippen LogP contribution is -2.27. The molecule has 1 amide bonds. The normalized spacial score (nSPS) is 12.4. The Morgan fingerprint density at radius 3 is 2.44 bits per heavy atom. The number of hydrogen-bond donors (Lipinski definition) is 2. The summed E-state index contributed by atoms with van der Waals surface area (Å²) in [5.74, 6) is -0.350. The van der Waals surface area contributed by atoms with Gasteiger partial charge in [-0.25, -0.2) is 13.6 Å². The number of rotatable bonds is 7. The number of ketones is 1. The molecule has 0 aromatic heterocycles. The molecule has 27 heavy (non-hydrogen) atoms. The molecular weight excluding hydrogens is 364 g/mol. The third-order valence-electron chi connectivity index (χ3n) is 4.34.